The number of carbonyl (C=O) groups excluding carboxylic acids is 1. The molecule has 152 valence electrons. The Morgan fingerprint density at radius 2 is 1.62 bits per heavy atom. The zero-order valence-corrected chi connectivity index (χ0v) is 16.2. The molecule has 3 aromatic rings. The van der Waals surface area contributed by atoms with Crippen molar-refractivity contribution in [2.75, 3.05) is 26.6 Å². The van der Waals surface area contributed by atoms with E-state index in [0.717, 1.165) is 12.1 Å². The minimum absolute atomic E-state index is 0.00300. The van der Waals surface area contributed by atoms with Crippen molar-refractivity contribution in [1.82, 2.24) is 9.78 Å². The number of amides is 1. The maximum atomic E-state index is 14.1. The highest BCUT2D eigenvalue weighted by molar-refractivity contribution is 6.03. The molecule has 9 heteroatoms. The Balaban J connectivity index is 1.94. The molecule has 0 saturated heterocycles. The SMILES string of the molecule is COc1cc(F)c(NC(=O)c2cc(-c3cc(OC)ccc3OC)n(C)n2)c(F)c1. The van der Waals surface area contributed by atoms with Gasteiger partial charge in [-0.2, -0.15) is 5.10 Å². The molecule has 0 fully saturated rings. The number of aromatic nitrogens is 2. The fourth-order valence-corrected chi connectivity index (χ4v) is 2.81. The second-order valence-corrected chi connectivity index (χ2v) is 6.02. The van der Waals surface area contributed by atoms with Gasteiger partial charge < -0.3 is 19.5 Å². The van der Waals surface area contributed by atoms with Gasteiger partial charge in [-0.15, -0.1) is 0 Å². The van der Waals surface area contributed by atoms with E-state index in [-0.39, 0.29) is 11.4 Å². The Morgan fingerprint density at radius 1 is 0.966 bits per heavy atom. The minimum atomic E-state index is -0.958. The Morgan fingerprint density at radius 3 is 2.21 bits per heavy atom. The summed E-state index contributed by atoms with van der Waals surface area (Å²) in [4.78, 5) is 12.5. The molecule has 1 aromatic heterocycles. The first kappa shape index (κ1) is 20.1. The number of benzene rings is 2. The largest absolute Gasteiger partial charge is 0.497 e. The molecule has 29 heavy (non-hydrogen) atoms. The maximum Gasteiger partial charge on any atom is 0.276 e. The zero-order chi connectivity index (χ0) is 21.1. The van der Waals surface area contributed by atoms with Gasteiger partial charge in [-0.05, 0) is 24.3 Å². The van der Waals surface area contributed by atoms with Crippen LogP contribution in [0.2, 0.25) is 0 Å². The Bertz CT molecular complexity index is 1040. The number of nitrogens with zero attached hydrogens (tertiary/aromatic N) is 2. The minimum Gasteiger partial charge on any atom is -0.497 e. The smallest absolute Gasteiger partial charge is 0.276 e. The average Bonchev–Trinajstić information content (AvgIpc) is 3.11. The molecule has 0 aliphatic carbocycles. The first-order valence-electron chi connectivity index (χ1n) is 8.48. The molecule has 0 spiro atoms. The predicted octanol–water partition coefficient (Wildman–Crippen LogP) is 3.64. The summed E-state index contributed by atoms with van der Waals surface area (Å²) in [6.07, 6.45) is 0. The lowest BCUT2D eigenvalue weighted by atomic mass is 10.1. The van der Waals surface area contributed by atoms with Gasteiger partial charge in [-0.1, -0.05) is 0 Å². The number of hydrogen-bond acceptors (Lipinski definition) is 5. The number of ether oxygens (including phenoxy) is 3. The number of methoxy groups -OCH3 is 3. The van der Waals surface area contributed by atoms with E-state index in [2.05, 4.69) is 10.4 Å². The van der Waals surface area contributed by atoms with Crippen LogP contribution < -0.4 is 19.5 Å². The van der Waals surface area contributed by atoms with E-state index in [0.29, 0.717) is 22.8 Å². The molecule has 0 bridgehead atoms. The van der Waals surface area contributed by atoms with E-state index < -0.39 is 23.2 Å². The molecule has 3 rings (SSSR count). The Hall–Kier alpha value is -3.62. The number of nitrogens with one attached hydrogen (secondary N) is 1. The average molecular weight is 403 g/mol. The van der Waals surface area contributed by atoms with Crippen LogP contribution in [0.3, 0.4) is 0 Å². The van der Waals surface area contributed by atoms with E-state index in [1.165, 1.54) is 32.1 Å². The number of carbonyl (C=O) groups is 1. The topological polar surface area (TPSA) is 74.6 Å². The van der Waals surface area contributed by atoms with Gasteiger partial charge in [0.2, 0.25) is 0 Å². The Labute approximate surface area is 165 Å². The van der Waals surface area contributed by atoms with Crippen LogP contribution in [0, 0.1) is 11.6 Å². The number of aryl methyl sites for hydroxylation is 1. The van der Waals surface area contributed by atoms with E-state index >= 15 is 0 Å². The summed E-state index contributed by atoms with van der Waals surface area (Å²) in [5, 5.41) is 6.36. The second-order valence-electron chi connectivity index (χ2n) is 6.02. The molecule has 0 aliphatic heterocycles. The highest BCUT2D eigenvalue weighted by atomic mass is 19.1. The molecular weight excluding hydrogens is 384 g/mol. The molecule has 1 heterocycles. The van der Waals surface area contributed by atoms with Gasteiger partial charge in [0, 0.05) is 24.7 Å². The van der Waals surface area contributed by atoms with Gasteiger partial charge >= 0.3 is 0 Å². The van der Waals surface area contributed by atoms with E-state index in [1.807, 2.05) is 0 Å². The van der Waals surface area contributed by atoms with Gasteiger partial charge in [0.15, 0.2) is 17.3 Å². The third-order valence-electron chi connectivity index (χ3n) is 4.28. The van der Waals surface area contributed by atoms with Crippen LogP contribution in [0.1, 0.15) is 10.5 Å². The van der Waals surface area contributed by atoms with Gasteiger partial charge in [0.25, 0.3) is 5.91 Å². The summed E-state index contributed by atoms with van der Waals surface area (Å²) >= 11 is 0. The van der Waals surface area contributed by atoms with Crippen LogP contribution in [0.25, 0.3) is 11.3 Å². The second kappa shape index (κ2) is 8.17. The third-order valence-corrected chi connectivity index (χ3v) is 4.28. The molecule has 0 saturated carbocycles. The zero-order valence-electron chi connectivity index (χ0n) is 16.2. The van der Waals surface area contributed by atoms with Crippen LogP contribution in [0.5, 0.6) is 17.2 Å². The molecule has 2 aromatic carbocycles. The van der Waals surface area contributed by atoms with Crippen molar-refractivity contribution >= 4 is 11.6 Å². The summed E-state index contributed by atoms with van der Waals surface area (Å²) in [5.41, 5.74) is 0.591. The highest BCUT2D eigenvalue weighted by Crippen LogP contribution is 2.34. The molecule has 0 unspecified atom stereocenters. The van der Waals surface area contributed by atoms with Crippen LogP contribution in [-0.2, 0) is 7.05 Å². The Kier molecular flexibility index (Phi) is 5.67. The maximum absolute atomic E-state index is 14.1. The van der Waals surface area contributed by atoms with Crippen molar-refractivity contribution < 1.29 is 27.8 Å². The summed E-state index contributed by atoms with van der Waals surface area (Å²) in [7, 11) is 5.98. The van der Waals surface area contributed by atoms with Crippen LogP contribution in [0.4, 0.5) is 14.5 Å². The number of hydrogen-bond donors (Lipinski definition) is 1. The normalized spacial score (nSPS) is 10.6. The summed E-state index contributed by atoms with van der Waals surface area (Å²) < 4.78 is 45.1. The van der Waals surface area contributed by atoms with Crippen molar-refractivity contribution in [1.29, 1.82) is 0 Å². The van der Waals surface area contributed by atoms with Gasteiger partial charge in [-0.3, -0.25) is 9.48 Å². The van der Waals surface area contributed by atoms with Crippen molar-refractivity contribution in [3.05, 3.63) is 53.7 Å². The lowest BCUT2D eigenvalue weighted by Crippen LogP contribution is -2.15. The van der Waals surface area contributed by atoms with Crippen LogP contribution in [-0.4, -0.2) is 37.0 Å². The number of rotatable bonds is 6. The lowest BCUT2D eigenvalue weighted by molar-refractivity contribution is 0.102. The van der Waals surface area contributed by atoms with Crippen molar-refractivity contribution in [3.8, 4) is 28.5 Å². The van der Waals surface area contributed by atoms with Crippen molar-refractivity contribution in [2.24, 2.45) is 7.05 Å². The molecule has 0 aliphatic rings. The van der Waals surface area contributed by atoms with Crippen molar-refractivity contribution in [3.63, 3.8) is 0 Å². The van der Waals surface area contributed by atoms with Gasteiger partial charge in [0.05, 0.1) is 27.0 Å². The number of anilines is 1. The first-order chi connectivity index (χ1) is 13.9. The fraction of sp³-hybridized carbons (Fsp3) is 0.200. The van der Waals surface area contributed by atoms with Gasteiger partial charge in [0.1, 0.15) is 22.9 Å². The standard InChI is InChI=1S/C20H19F2N3O4/c1-25-17(13-7-11(27-2)5-6-18(13)29-4)10-16(24-25)20(26)23-19-14(21)8-12(28-3)9-15(19)22/h5-10H,1-4H3,(H,23,26). The molecule has 0 radical (unpaired) electrons. The molecule has 1 N–H and O–H groups in total. The van der Waals surface area contributed by atoms with Gasteiger partial charge in [-0.25, -0.2) is 8.78 Å². The molecule has 1 amide bonds. The van der Waals surface area contributed by atoms with Crippen LogP contribution >= 0.6 is 0 Å². The van der Waals surface area contributed by atoms with E-state index in [1.54, 1.807) is 25.2 Å². The lowest BCUT2D eigenvalue weighted by Gasteiger charge is -2.10. The number of halogens is 2. The highest BCUT2D eigenvalue weighted by Gasteiger charge is 2.20. The molecule has 7 nitrogen and oxygen atoms in total. The quantitative estimate of drug-likeness (QED) is 0.680. The monoisotopic (exact) mass is 403 g/mol. The molecular formula is C20H19F2N3O4. The fourth-order valence-electron chi connectivity index (χ4n) is 2.81. The summed E-state index contributed by atoms with van der Waals surface area (Å²) in [6, 6.07) is 8.64. The summed E-state index contributed by atoms with van der Waals surface area (Å²) in [6.45, 7) is 0. The first-order valence-corrected chi connectivity index (χ1v) is 8.48. The van der Waals surface area contributed by atoms with Crippen LogP contribution in [0.15, 0.2) is 36.4 Å². The van der Waals surface area contributed by atoms with E-state index in [4.69, 9.17) is 14.2 Å². The third kappa shape index (κ3) is 3.98. The predicted molar refractivity (Wildman–Crippen MR) is 103 cm³/mol. The van der Waals surface area contributed by atoms with Crippen molar-refractivity contribution in [2.45, 2.75) is 0 Å². The summed E-state index contributed by atoms with van der Waals surface area (Å²) in [5.74, 6) is -1.54. The van der Waals surface area contributed by atoms with E-state index in [9.17, 15) is 13.6 Å². The molecule has 0 atom stereocenters.